The molecule has 5 aliphatic carbocycles. The molecular formula is C22H32N4O2. The van der Waals surface area contributed by atoms with Crippen molar-refractivity contribution in [1.82, 2.24) is 20.1 Å². The predicted molar refractivity (Wildman–Crippen MR) is 103 cm³/mol. The number of amides is 1. The van der Waals surface area contributed by atoms with Crippen LogP contribution in [0.5, 0.6) is 0 Å². The minimum Gasteiger partial charge on any atom is -0.380 e. The molecule has 1 aromatic heterocycles. The van der Waals surface area contributed by atoms with E-state index in [0.717, 1.165) is 42.2 Å². The Bertz CT molecular complexity index is 735. The van der Waals surface area contributed by atoms with Crippen LogP contribution in [0, 0.1) is 23.2 Å². The van der Waals surface area contributed by atoms with Gasteiger partial charge in [0, 0.05) is 32.4 Å². The minimum atomic E-state index is -0.00800. The number of H-pyrrole nitrogens is 1. The third-order valence-corrected chi connectivity index (χ3v) is 8.39. The quantitative estimate of drug-likeness (QED) is 0.842. The van der Waals surface area contributed by atoms with E-state index < -0.39 is 0 Å². The number of nitrogens with one attached hydrogen (secondary N) is 1. The van der Waals surface area contributed by atoms with Crippen LogP contribution in [0.25, 0.3) is 0 Å². The molecule has 0 unspecified atom stereocenters. The summed E-state index contributed by atoms with van der Waals surface area (Å²) < 4.78 is 5.65. The van der Waals surface area contributed by atoms with Crippen LogP contribution in [0.2, 0.25) is 0 Å². The van der Waals surface area contributed by atoms with E-state index in [1.165, 1.54) is 51.4 Å². The predicted octanol–water partition coefficient (Wildman–Crippen LogP) is 3.58. The monoisotopic (exact) mass is 384 g/mol. The number of likely N-dealkylation sites (tertiary alicyclic amines) is 1. The van der Waals surface area contributed by atoms with E-state index >= 15 is 0 Å². The molecule has 6 heteroatoms. The lowest BCUT2D eigenvalue weighted by atomic mass is 9.49. The van der Waals surface area contributed by atoms with Crippen LogP contribution in [0.3, 0.4) is 0 Å². The van der Waals surface area contributed by atoms with E-state index in [9.17, 15) is 4.79 Å². The second-order valence-electron chi connectivity index (χ2n) is 10.6. The van der Waals surface area contributed by atoms with Crippen molar-refractivity contribution in [2.45, 2.75) is 82.3 Å². The number of hydrogen-bond donors (Lipinski definition) is 1. The third-order valence-electron chi connectivity index (χ3n) is 8.39. The maximum atomic E-state index is 13.5. The van der Waals surface area contributed by atoms with Crippen molar-refractivity contribution in [3.63, 3.8) is 0 Å². The van der Waals surface area contributed by atoms with Crippen LogP contribution in [0.4, 0.5) is 0 Å². The molecule has 0 aromatic carbocycles. The Morgan fingerprint density at radius 2 is 1.82 bits per heavy atom. The molecule has 2 heterocycles. The molecule has 0 radical (unpaired) electrons. The van der Waals surface area contributed by atoms with E-state index in [2.05, 4.69) is 15.1 Å². The number of carbonyl (C=O) groups excluding carboxylic acids is 1. The van der Waals surface area contributed by atoms with Crippen molar-refractivity contribution in [2.75, 3.05) is 13.7 Å². The normalized spacial score (nSPS) is 41.8. The highest BCUT2D eigenvalue weighted by atomic mass is 16.5. The zero-order chi connectivity index (χ0) is 18.9. The van der Waals surface area contributed by atoms with Crippen LogP contribution in [0.15, 0.2) is 0 Å². The molecule has 0 spiro atoms. The van der Waals surface area contributed by atoms with Gasteiger partial charge in [-0.05, 0) is 74.5 Å². The van der Waals surface area contributed by atoms with Crippen molar-refractivity contribution in [3.05, 3.63) is 11.6 Å². The SMILES string of the molecule is CO[C@@H]1C[C@@H](c2nc(C3CC3)n[nH]2)N(C(=O)CC23CC4CC(CC(C4)C2)C3)C1. The zero-order valence-corrected chi connectivity index (χ0v) is 16.9. The molecule has 1 N–H and O–H groups in total. The molecule has 1 amide bonds. The Balaban J connectivity index is 1.22. The highest BCUT2D eigenvalue weighted by Crippen LogP contribution is 2.61. The van der Waals surface area contributed by atoms with Crippen molar-refractivity contribution in [1.29, 1.82) is 0 Å². The van der Waals surface area contributed by atoms with E-state index in [4.69, 9.17) is 9.72 Å². The number of ether oxygens (including phenoxy) is 1. The number of nitrogens with zero attached hydrogens (tertiary/aromatic N) is 3. The van der Waals surface area contributed by atoms with Gasteiger partial charge < -0.3 is 9.64 Å². The first-order valence-electron chi connectivity index (χ1n) is 11.4. The van der Waals surface area contributed by atoms with Crippen molar-refractivity contribution >= 4 is 5.91 Å². The molecular weight excluding hydrogens is 352 g/mol. The molecule has 7 rings (SSSR count). The maximum Gasteiger partial charge on any atom is 0.223 e. The molecule has 1 aliphatic heterocycles. The van der Waals surface area contributed by atoms with Gasteiger partial charge in [-0.3, -0.25) is 9.89 Å². The van der Waals surface area contributed by atoms with Gasteiger partial charge in [-0.15, -0.1) is 0 Å². The van der Waals surface area contributed by atoms with E-state index in [1.54, 1.807) is 7.11 Å². The van der Waals surface area contributed by atoms with Gasteiger partial charge in [-0.25, -0.2) is 4.98 Å². The molecule has 28 heavy (non-hydrogen) atoms. The largest absolute Gasteiger partial charge is 0.380 e. The van der Waals surface area contributed by atoms with E-state index in [1.807, 2.05) is 0 Å². The van der Waals surface area contributed by atoms with Gasteiger partial charge in [0.15, 0.2) is 5.82 Å². The molecule has 6 aliphatic rings. The molecule has 2 atom stereocenters. The summed E-state index contributed by atoms with van der Waals surface area (Å²) in [4.78, 5) is 20.4. The Labute approximate surface area is 166 Å². The number of methoxy groups -OCH3 is 1. The first kappa shape index (κ1) is 17.4. The Morgan fingerprint density at radius 1 is 1.14 bits per heavy atom. The number of hydrogen-bond acceptors (Lipinski definition) is 4. The first-order chi connectivity index (χ1) is 13.6. The van der Waals surface area contributed by atoms with Gasteiger partial charge in [-0.1, -0.05) is 0 Å². The smallest absolute Gasteiger partial charge is 0.223 e. The van der Waals surface area contributed by atoms with Gasteiger partial charge in [0.1, 0.15) is 5.82 Å². The summed E-state index contributed by atoms with van der Waals surface area (Å²) in [5, 5.41) is 7.58. The van der Waals surface area contributed by atoms with Gasteiger partial charge in [-0.2, -0.15) is 5.10 Å². The molecule has 152 valence electrons. The summed E-state index contributed by atoms with van der Waals surface area (Å²) >= 11 is 0. The molecule has 5 saturated carbocycles. The van der Waals surface area contributed by atoms with E-state index in [0.29, 0.717) is 18.4 Å². The zero-order valence-electron chi connectivity index (χ0n) is 16.9. The average molecular weight is 385 g/mol. The average Bonchev–Trinajstić information content (AvgIpc) is 3.22. The number of aromatic amines is 1. The lowest BCUT2D eigenvalue weighted by Gasteiger charge is -2.57. The number of aromatic nitrogens is 3. The topological polar surface area (TPSA) is 71.1 Å². The molecule has 6 nitrogen and oxygen atoms in total. The van der Waals surface area contributed by atoms with Crippen molar-refractivity contribution in [2.24, 2.45) is 23.2 Å². The first-order valence-corrected chi connectivity index (χ1v) is 11.4. The van der Waals surface area contributed by atoms with Crippen LogP contribution in [0.1, 0.15) is 87.8 Å². The summed E-state index contributed by atoms with van der Waals surface area (Å²) in [6.07, 6.45) is 12.2. The van der Waals surface area contributed by atoms with Crippen LogP contribution >= 0.6 is 0 Å². The summed E-state index contributed by atoms with van der Waals surface area (Å²) in [6.45, 7) is 0.686. The van der Waals surface area contributed by atoms with Crippen LogP contribution in [-0.4, -0.2) is 45.7 Å². The fraction of sp³-hybridized carbons (Fsp3) is 0.864. The Morgan fingerprint density at radius 3 is 2.43 bits per heavy atom. The van der Waals surface area contributed by atoms with Crippen LogP contribution in [-0.2, 0) is 9.53 Å². The molecule has 1 saturated heterocycles. The molecule has 1 aromatic rings. The van der Waals surface area contributed by atoms with Crippen LogP contribution < -0.4 is 0 Å². The van der Waals surface area contributed by atoms with Crippen molar-refractivity contribution < 1.29 is 9.53 Å². The fourth-order valence-corrected chi connectivity index (χ4v) is 7.39. The maximum absolute atomic E-state index is 13.5. The standard InChI is InChI=1S/C22H32N4O2/c1-28-17-7-18(21-23-20(24-25-21)16-2-3-16)26(12-17)19(27)11-22-8-13-4-14(9-22)6-15(5-13)10-22/h13-18H,2-12H2,1H3,(H,23,24,25)/t13?,14?,15?,17-,18+,22?/m1/s1. The summed E-state index contributed by atoms with van der Waals surface area (Å²) in [5.41, 5.74) is 0.280. The Hall–Kier alpha value is -1.43. The van der Waals surface area contributed by atoms with Gasteiger partial charge >= 0.3 is 0 Å². The summed E-state index contributed by atoms with van der Waals surface area (Å²) in [7, 11) is 1.75. The highest BCUT2D eigenvalue weighted by molar-refractivity contribution is 5.78. The lowest BCUT2D eigenvalue weighted by molar-refractivity contribution is -0.141. The second kappa shape index (κ2) is 6.28. The van der Waals surface area contributed by atoms with E-state index in [-0.39, 0.29) is 17.6 Å². The summed E-state index contributed by atoms with van der Waals surface area (Å²) in [5.74, 6) is 5.29. The number of carbonyl (C=O) groups is 1. The number of rotatable bonds is 5. The summed E-state index contributed by atoms with van der Waals surface area (Å²) in [6, 6.07) is -0.00800. The molecule has 4 bridgehead atoms. The molecule has 6 fully saturated rings. The fourth-order valence-electron chi connectivity index (χ4n) is 7.39. The second-order valence-corrected chi connectivity index (χ2v) is 10.6. The minimum absolute atomic E-state index is 0.00800. The van der Waals surface area contributed by atoms with Gasteiger partial charge in [0.2, 0.25) is 5.91 Å². The van der Waals surface area contributed by atoms with Gasteiger partial charge in [0.25, 0.3) is 0 Å². The lowest BCUT2D eigenvalue weighted by Crippen LogP contribution is -2.48. The van der Waals surface area contributed by atoms with Crippen molar-refractivity contribution in [3.8, 4) is 0 Å². The Kier molecular flexibility index (Phi) is 3.91. The van der Waals surface area contributed by atoms with Gasteiger partial charge in [0.05, 0.1) is 12.1 Å². The highest BCUT2D eigenvalue weighted by Gasteiger charge is 2.52. The third kappa shape index (κ3) is 2.90.